The molecule has 1 aromatic carbocycles. The topological polar surface area (TPSA) is 35.6 Å². The lowest BCUT2D eigenvalue weighted by atomic mass is 10.2. The van der Waals surface area contributed by atoms with E-state index in [1.54, 1.807) is 0 Å². The summed E-state index contributed by atoms with van der Waals surface area (Å²) in [6, 6.07) is 6.14. The van der Waals surface area contributed by atoms with Crippen molar-refractivity contribution in [2.45, 2.75) is 31.7 Å². The van der Waals surface area contributed by atoms with Crippen LogP contribution in [0.1, 0.15) is 25.7 Å². The van der Waals surface area contributed by atoms with E-state index in [1.165, 1.54) is 12.8 Å². The summed E-state index contributed by atoms with van der Waals surface area (Å²) in [5.41, 5.74) is 1.09. The van der Waals surface area contributed by atoms with Gasteiger partial charge in [0.1, 0.15) is 0 Å². The molecule has 23 heavy (non-hydrogen) atoms. The van der Waals surface area contributed by atoms with E-state index in [4.69, 9.17) is 23.2 Å². The predicted molar refractivity (Wildman–Crippen MR) is 95.5 cm³/mol. The number of carbonyl (C=O) groups is 1. The molecular weight excluding hydrogens is 333 g/mol. The highest BCUT2D eigenvalue weighted by atomic mass is 35.5. The third-order valence-electron chi connectivity index (χ3n) is 4.73. The van der Waals surface area contributed by atoms with Crippen LogP contribution in [-0.2, 0) is 4.79 Å². The number of carbonyl (C=O) groups excluding carboxylic acids is 1. The zero-order chi connectivity index (χ0) is 16.2. The number of anilines is 1. The van der Waals surface area contributed by atoms with Crippen LogP contribution >= 0.6 is 23.2 Å². The highest BCUT2D eigenvalue weighted by Gasteiger charge is 2.22. The molecule has 0 radical (unpaired) electrons. The Hall–Kier alpha value is -0.970. The summed E-state index contributed by atoms with van der Waals surface area (Å²) in [5.74, 6) is 0.167. The summed E-state index contributed by atoms with van der Waals surface area (Å²) in [6.07, 6.45) is 4.76. The van der Waals surface area contributed by atoms with Crippen molar-refractivity contribution >= 4 is 34.8 Å². The Bertz CT molecular complexity index is 553. The Labute approximate surface area is 147 Å². The Balaban J connectivity index is 1.46. The van der Waals surface area contributed by atoms with Crippen molar-refractivity contribution in [1.82, 2.24) is 10.2 Å². The number of hydrogen-bond donors (Lipinski definition) is 1. The quantitative estimate of drug-likeness (QED) is 0.900. The molecule has 3 rings (SSSR count). The van der Waals surface area contributed by atoms with E-state index in [0.717, 1.165) is 44.7 Å². The molecule has 1 heterocycles. The number of piperazine rings is 1. The molecular formula is C17H23Cl2N3O. The molecule has 1 amide bonds. The van der Waals surface area contributed by atoms with Crippen LogP contribution in [0.4, 0.5) is 5.69 Å². The fourth-order valence-corrected chi connectivity index (χ4v) is 3.68. The highest BCUT2D eigenvalue weighted by molar-refractivity contribution is 6.42. The fourth-order valence-electron chi connectivity index (χ4n) is 3.39. The zero-order valence-electron chi connectivity index (χ0n) is 13.2. The average Bonchev–Trinajstić information content (AvgIpc) is 3.03. The van der Waals surface area contributed by atoms with Gasteiger partial charge in [-0.2, -0.15) is 0 Å². The molecule has 4 nitrogen and oxygen atoms in total. The first-order chi connectivity index (χ1) is 11.1. The number of benzene rings is 1. The standard InChI is InChI=1S/C17H23Cl2N3O/c18-15-6-5-14(11-16(15)19)22-9-7-21(8-10-22)12-17(23)20-13-3-1-2-4-13/h5-6,11,13H,1-4,7-10,12H2,(H,20,23). The first kappa shape index (κ1) is 16.9. The van der Waals surface area contributed by atoms with Crippen LogP contribution in [0, 0.1) is 0 Å². The van der Waals surface area contributed by atoms with Crippen LogP contribution in [0.5, 0.6) is 0 Å². The van der Waals surface area contributed by atoms with Crippen LogP contribution < -0.4 is 10.2 Å². The van der Waals surface area contributed by atoms with Crippen molar-refractivity contribution < 1.29 is 4.79 Å². The lowest BCUT2D eigenvalue weighted by Crippen LogP contribution is -2.50. The summed E-state index contributed by atoms with van der Waals surface area (Å²) < 4.78 is 0. The smallest absolute Gasteiger partial charge is 0.234 e. The van der Waals surface area contributed by atoms with Gasteiger partial charge in [-0.25, -0.2) is 0 Å². The number of nitrogens with one attached hydrogen (secondary N) is 1. The Morgan fingerprint density at radius 2 is 1.78 bits per heavy atom. The van der Waals surface area contributed by atoms with Crippen molar-refractivity contribution in [3.63, 3.8) is 0 Å². The van der Waals surface area contributed by atoms with Crippen LogP contribution in [0.3, 0.4) is 0 Å². The predicted octanol–water partition coefficient (Wildman–Crippen LogP) is 3.17. The van der Waals surface area contributed by atoms with Gasteiger partial charge in [-0.3, -0.25) is 9.69 Å². The fraction of sp³-hybridized carbons (Fsp3) is 0.588. The van der Waals surface area contributed by atoms with Crippen molar-refractivity contribution in [2.75, 3.05) is 37.6 Å². The maximum Gasteiger partial charge on any atom is 0.234 e. The van der Waals surface area contributed by atoms with Crippen LogP contribution in [0.25, 0.3) is 0 Å². The average molecular weight is 356 g/mol. The second-order valence-corrected chi connectivity index (χ2v) is 7.22. The van der Waals surface area contributed by atoms with Gasteiger partial charge in [0.2, 0.25) is 5.91 Å². The van der Waals surface area contributed by atoms with Crippen LogP contribution in [-0.4, -0.2) is 49.6 Å². The normalized spacial score (nSPS) is 20.0. The van der Waals surface area contributed by atoms with Gasteiger partial charge in [0, 0.05) is 37.9 Å². The maximum atomic E-state index is 12.1. The van der Waals surface area contributed by atoms with E-state index in [1.807, 2.05) is 18.2 Å². The molecule has 1 saturated carbocycles. The van der Waals surface area contributed by atoms with Crippen LogP contribution in [0.2, 0.25) is 10.0 Å². The SMILES string of the molecule is O=C(CN1CCN(c2ccc(Cl)c(Cl)c2)CC1)NC1CCCC1. The molecule has 1 aromatic rings. The second-order valence-electron chi connectivity index (χ2n) is 6.41. The highest BCUT2D eigenvalue weighted by Crippen LogP contribution is 2.27. The summed E-state index contributed by atoms with van der Waals surface area (Å²) in [5, 5.41) is 4.32. The summed E-state index contributed by atoms with van der Waals surface area (Å²) in [7, 11) is 0. The minimum absolute atomic E-state index is 0.167. The molecule has 0 bridgehead atoms. The maximum absolute atomic E-state index is 12.1. The second kappa shape index (κ2) is 7.73. The molecule has 0 spiro atoms. The van der Waals surface area contributed by atoms with Crippen molar-refractivity contribution in [3.05, 3.63) is 28.2 Å². The van der Waals surface area contributed by atoms with Crippen molar-refractivity contribution in [2.24, 2.45) is 0 Å². The molecule has 0 unspecified atom stereocenters. The molecule has 1 aliphatic carbocycles. The molecule has 1 N–H and O–H groups in total. The number of nitrogens with zero attached hydrogens (tertiary/aromatic N) is 2. The summed E-state index contributed by atoms with van der Waals surface area (Å²) in [6.45, 7) is 4.08. The van der Waals surface area contributed by atoms with E-state index in [-0.39, 0.29) is 5.91 Å². The van der Waals surface area contributed by atoms with Gasteiger partial charge in [-0.1, -0.05) is 36.0 Å². The monoisotopic (exact) mass is 355 g/mol. The Morgan fingerprint density at radius 1 is 1.09 bits per heavy atom. The Kier molecular flexibility index (Phi) is 5.67. The van der Waals surface area contributed by atoms with Gasteiger partial charge in [-0.15, -0.1) is 0 Å². The summed E-state index contributed by atoms with van der Waals surface area (Å²) >= 11 is 12.1. The first-order valence-corrected chi connectivity index (χ1v) is 9.09. The molecule has 2 fully saturated rings. The van der Waals surface area contributed by atoms with Gasteiger partial charge in [0.15, 0.2) is 0 Å². The third-order valence-corrected chi connectivity index (χ3v) is 5.47. The Morgan fingerprint density at radius 3 is 2.43 bits per heavy atom. The molecule has 126 valence electrons. The van der Waals surface area contributed by atoms with E-state index in [9.17, 15) is 4.79 Å². The van der Waals surface area contributed by atoms with Gasteiger partial charge in [0.05, 0.1) is 16.6 Å². The zero-order valence-corrected chi connectivity index (χ0v) is 14.7. The number of halogens is 2. The third kappa shape index (κ3) is 4.52. The lowest BCUT2D eigenvalue weighted by molar-refractivity contribution is -0.123. The van der Waals surface area contributed by atoms with E-state index in [0.29, 0.717) is 22.6 Å². The molecule has 1 saturated heterocycles. The summed E-state index contributed by atoms with van der Waals surface area (Å²) in [4.78, 5) is 16.6. The molecule has 0 atom stereocenters. The first-order valence-electron chi connectivity index (χ1n) is 8.33. The van der Waals surface area contributed by atoms with Gasteiger partial charge in [0.25, 0.3) is 0 Å². The lowest BCUT2D eigenvalue weighted by Gasteiger charge is -2.36. The van der Waals surface area contributed by atoms with E-state index in [2.05, 4.69) is 15.1 Å². The van der Waals surface area contributed by atoms with Crippen molar-refractivity contribution in [1.29, 1.82) is 0 Å². The molecule has 0 aromatic heterocycles. The van der Waals surface area contributed by atoms with Gasteiger partial charge in [-0.05, 0) is 31.0 Å². The largest absolute Gasteiger partial charge is 0.369 e. The molecule has 6 heteroatoms. The molecule has 1 aliphatic heterocycles. The number of hydrogen-bond acceptors (Lipinski definition) is 3. The number of rotatable bonds is 4. The minimum atomic E-state index is 0.167. The van der Waals surface area contributed by atoms with Crippen LogP contribution in [0.15, 0.2) is 18.2 Å². The number of amides is 1. The minimum Gasteiger partial charge on any atom is -0.369 e. The molecule has 2 aliphatic rings. The van der Waals surface area contributed by atoms with Gasteiger partial charge >= 0.3 is 0 Å². The van der Waals surface area contributed by atoms with Crippen molar-refractivity contribution in [3.8, 4) is 0 Å². The van der Waals surface area contributed by atoms with Gasteiger partial charge < -0.3 is 10.2 Å². The van der Waals surface area contributed by atoms with E-state index < -0.39 is 0 Å². The van der Waals surface area contributed by atoms with E-state index >= 15 is 0 Å².